The molecule has 0 radical (unpaired) electrons. The number of hydrogen-bond acceptors (Lipinski definition) is 7. The number of rotatable bonds is 4. The van der Waals surface area contributed by atoms with Gasteiger partial charge in [-0.3, -0.25) is 4.79 Å². The number of piperidine rings is 1. The number of carbonyl (C=O) groups is 1. The Morgan fingerprint density at radius 2 is 1.97 bits per heavy atom. The van der Waals surface area contributed by atoms with E-state index in [4.69, 9.17) is 10.7 Å². The average molecular weight is 445 g/mol. The number of hydrogen-bond donors (Lipinski definition) is 1. The van der Waals surface area contributed by atoms with Crippen molar-refractivity contribution in [3.63, 3.8) is 0 Å². The van der Waals surface area contributed by atoms with E-state index in [-0.39, 0.29) is 11.8 Å². The second kappa shape index (κ2) is 8.63. The fourth-order valence-corrected chi connectivity index (χ4v) is 4.81. The largest absolute Gasteiger partial charge is 0.383 e. The lowest BCUT2D eigenvalue weighted by Gasteiger charge is -2.32. The minimum absolute atomic E-state index is 0.124. The van der Waals surface area contributed by atoms with E-state index in [1.54, 1.807) is 11.3 Å². The molecule has 1 aliphatic rings. The van der Waals surface area contributed by atoms with Crippen molar-refractivity contribution < 1.29 is 4.79 Å². The zero-order valence-corrected chi connectivity index (χ0v) is 18.7. The van der Waals surface area contributed by atoms with Gasteiger partial charge in [0, 0.05) is 35.6 Å². The Hall–Kier alpha value is -3.39. The van der Waals surface area contributed by atoms with Crippen LogP contribution in [0.4, 0.5) is 5.82 Å². The van der Waals surface area contributed by atoms with Crippen LogP contribution >= 0.6 is 11.3 Å². The van der Waals surface area contributed by atoms with Gasteiger partial charge in [-0.25, -0.2) is 19.9 Å². The van der Waals surface area contributed by atoms with E-state index < -0.39 is 0 Å². The molecule has 1 amide bonds. The number of fused-ring (bicyclic) bond motifs is 1. The highest BCUT2D eigenvalue weighted by Gasteiger charge is 2.26. The van der Waals surface area contributed by atoms with Gasteiger partial charge < -0.3 is 10.6 Å². The molecular formula is C24H24N6OS. The van der Waals surface area contributed by atoms with Crippen molar-refractivity contribution in [1.82, 2.24) is 24.8 Å². The third-order valence-electron chi connectivity index (χ3n) is 5.83. The summed E-state index contributed by atoms with van der Waals surface area (Å²) in [6, 6.07) is 13.7. The van der Waals surface area contributed by atoms with Gasteiger partial charge in [-0.1, -0.05) is 30.3 Å². The number of pyridine rings is 1. The summed E-state index contributed by atoms with van der Waals surface area (Å²) < 4.78 is 0. The van der Waals surface area contributed by atoms with Gasteiger partial charge in [-0.05, 0) is 31.9 Å². The number of likely N-dealkylation sites (tertiary alicyclic amines) is 1. The summed E-state index contributed by atoms with van der Waals surface area (Å²) in [6.45, 7) is 3.40. The van der Waals surface area contributed by atoms with Gasteiger partial charge >= 0.3 is 0 Å². The number of anilines is 1. The number of benzene rings is 1. The molecule has 1 fully saturated rings. The number of nitrogens with zero attached hydrogens (tertiary/aromatic N) is 5. The maximum Gasteiger partial charge on any atom is 0.228 e. The predicted molar refractivity (Wildman–Crippen MR) is 126 cm³/mol. The molecule has 4 aromatic rings. The second-order valence-corrected chi connectivity index (χ2v) is 9.18. The summed E-state index contributed by atoms with van der Waals surface area (Å²) in [5.41, 5.74) is 9.50. The zero-order valence-electron chi connectivity index (χ0n) is 17.9. The van der Waals surface area contributed by atoms with Crippen molar-refractivity contribution in [1.29, 1.82) is 0 Å². The highest BCUT2D eigenvalue weighted by atomic mass is 32.1. The van der Waals surface area contributed by atoms with Crippen molar-refractivity contribution in [2.24, 2.45) is 0 Å². The van der Waals surface area contributed by atoms with Crippen molar-refractivity contribution in [2.45, 2.75) is 32.1 Å². The van der Waals surface area contributed by atoms with E-state index in [9.17, 15) is 4.79 Å². The Bertz CT molecular complexity index is 1270. The summed E-state index contributed by atoms with van der Waals surface area (Å²) in [7, 11) is 0. The summed E-state index contributed by atoms with van der Waals surface area (Å²) in [6.07, 6.45) is 2.30. The van der Waals surface area contributed by atoms with Crippen LogP contribution in [-0.2, 0) is 11.2 Å². The van der Waals surface area contributed by atoms with Crippen LogP contribution in [0.2, 0.25) is 0 Å². The molecule has 0 unspecified atom stereocenters. The highest BCUT2D eigenvalue weighted by Crippen LogP contribution is 2.29. The monoisotopic (exact) mass is 444 g/mol. The molecule has 0 bridgehead atoms. The third-order valence-corrected chi connectivity index (χ3v) is 6.66. The van der Waals surface area contributed by atoms with Crippen LogP contribution in [0.5, 0.6) is 0 Å². The number of carbonyl (C=O) groups excluding carboxylic acids is 1. The van der Waals surface area contributed by atoms with Crippen LogP contribution < -0.4 is 5.73 Å². The molecule has 32 heavy (non-hydrogen) atoms. The highest BCUT2D eigenvalue weighted by molar-refractivity contribution is 7.09. The van der Waals surface area contributed by atoms with E-state index in [2.05, 4.69) is 15.0 Å². The number of amides is 1. The molecule has 162 valence electrons. The number of nitrogen functional groups attached to an aromatic ring is 1. The molecule has 0 saturated carbocycles. The van der Waals surface area contributed by atoms with Gasteiger partial charge in [0.25, 0.3) is 0 Å². The third kappa shape index (κ3) is 4.18. The maximum atomic E-state index is 12.8. The van der Waals surface area contributed by atoms with Gasteiger partial charge in [0.1, 0.15) is 5.82 Å². The minimum Gasteiger partial charge on any atom is -0.383 e. The molecule has 4 heterocycles. The fraction of sp³-hybridized carbons (Fsp3) is 0.292. The van der Waals surface area contributed by atoms with Crippen LogP contribution in [0.25, 0.3) is 22.4 Å². The van der Waals surface area contributed by atoms with E-state index in [1.165, 1.54) is 0 Å². The molecule has 1 saturated heterocycles. The number of aryl methyl sites for hydroxylation is 1. The summed E-state index contributed by atoms with van der Waals surface area (Å²) >= 11 is 1.58. The summed E-state index contributed by atoms with van der Waals surface area (Å²) in [4.78, 5) is 33.2. The number of aromatic nitrogens is 4. The van der Waals surface area contributed by atoms with Gasteiger partial charge in [0.15, 0.2) is 11.5 Å². The first-order chi connectivity index (χ1) is 15.6. The standard InChI is InChI=1S/C24H24N6OS/c1-15-26-18(14-32-15)12-21(31)30-11-5-8-17(13-30)20-10-9-19-22(25)28-23(29-24(19)27-20)16-6-3-2-4-7-16/h2-4,6-7,9-10,14,17H,5,8,11-13H2,1H3,(H2,25,27,28,29)/t17-/m1/s1. The average Bonchev–Trinajstić information content (AvgIpc) is 3.23. The Morgan fingerprint density at radius 3 is 2.75 bits per heavy atom. The number of nitrogens with two attached hydrogens (primary N) is 1. The van der Waals surface area contributed by atoms with E-state index in [0.29, 0.717) is 30.3 Å². The van der Waals surface area contributed by atoms with E-state index in [0.717, 1.165) is 46.7 Å². The van der Waals surface area contributed by atoms with Gasteiger partial charge in [0.2, 0.25) is 5.91 Å². The van der Waals surface area contributed by atoms with E-state index in [1.807, 2.05) is 59.7 Å². The Labute approximate surface area is 190 Å². The lowest BCUT2D eigenvalue weighted by molar-refractivity contribution is -0.131. The molecule has 0 spiro atoms. The van der Waals surface area contributed by atoms with Crippen molar-refractivity contribution >= 4 is 34.1 Å². The molecule has 1 aliphatic heterocycles. The van der Waals surface area contributed by atoms with Crippen LogP contribution in [0.1, 0.15) is 35.2 Å². The predicted octanol–water partition coefficient (Wildman–Crippen LogP) is 3.99. The summed E-state index contributed by atoms with van der Waals surface area (Å²) in [5.74, 6) is 1.29. The molecule has 8 heteroatoms. The molecular weight excluding hydrogens is 420 g/mol. The first-order valence-corrected chi connectivity index (χ1v) is 11.6. The Kier molecular flexibility index (Phi) is 5.53. The minimum atomic E-state index is 0.124. The molecule has 0 aliphatic carbocycles. The van der Waals surface area contributed by atoms with Crippen molar-refractivity contribution in [2.75, 3.05) is 18.8 Å². The Morgan fingerprint density at radius 1 is 1.12 bits per heavy atom. The molecule has 1 atom stereocenters. The molecule has 5 rings (SSSR count). The van der Waals surface area contributed by atoms with Crippen LogP contribution in [-0.4, -0.2) is 43.8 Å². The molecule has 7 nitrogen and oxygen atoms in total. The second-order valence-electron chi connectivity index (χ2n) is 8.12. The maximum absolute atomic E-state index is 12.8. The number of thiazole rings is 1. The van der Waals surface area contributed by atoms with Crippen molar-refractivity contribution in [3.8, 4) is 11.4 Å². The van der Waals surface area contributed by atoms with Gasteiger partial charge in [-0.2, -0.15) is 0 Å². The normalized spacial score (nSPS) is 16.4. The van der Waals surface area contributed by atoms with Crippen LogP contribution in [0.15, 0.2) is 47.8 Å². The molecule has 3 aromatic heterocycles. The zero-order chi connectivity index (χ0) is 22.1. The topological polar surface area (TPSA) is 97.9 Å². The molecule has 1 aromatic carbocycles. The summed E-state index contributed by atoms with van der Waals surface area (Å²) in [5, 5.41) is 3.70. The van der Waals surface area contributed by atoms with Gasteiger partial charge in [0.05, 0.1) is 22.5 Å². The van der Waals surface area contributed by atoms with Gasteiger partial charge in [-0.15, -0.1) is 11.3 Å². The Balaban J connectivity index is 1.39. The first kappa shape index (κ1) is 20.5. The SMILES string of the molecule is Cc1nc(CC(=O)N2CCC[C@@H](c3ccc4c(N)nc(-c5ccccc5)nc4n3)C2)cs1. The quantitative estimate of drug-likeness (QED) is 0.511. The fourth-order valence-electron chi connectivity index (χ4n) is 4.19. The lowest BCUT2D eigenvalue weighted by atomic mass is 9.93. The van der Waals surface area contributed by atoms with E-state index >= 15 is 0 Å². The van der Waals surface area contributed by atoms with Crippen LogP contribution in [0.3, 0.4) is 0 Å². The molecule has 2 N–H and O–H groups in total. The van der Waals surface area contributed by atoms with Crippen molar-refractivity contribution in [3.05, 3.63) is 64.2 Å². The lowest BCUT2D eigenvalue weighted by Crippen LogP contribution is -2.40. The van der Waals surface area contributed by atoms with Crippen LogP contribution in [0, 0.1) is 6.92 Å². The first-order valence-electron chi connectivity index (χ1n) is 10.7. The smallest absolute Gasteiger partial charge is 0.228 e.